The molecule has 1 aliphatic heterocycles. The van der Waals surface area contributed by atoms with E-state index in [1.807, 2.05) is 19.9 Å². The van der Waals surface area contributed by atoms with E-state index in [9.17, 15) is 20.4 Å². The van der Waals surface area contributed by atoms with E-state index in [2.05, 4.69) is 6.58 Å². The molecule has 7 heteroatoms. The van der Waals surface area contributed by atoms with Gasteiger partial charge in [-0.3, -0.25) is 0 Å². The molecule has 6 atom stereocenters. The van der Waals surface area contributed by atoms with Crippen molar-refractivity contribution in [2.24, 2.45) is 0 Å². The molecule has 0 aliphatic carbocycles. The molecule has 0 bridgehead atoms. The molecule has 23 heavy (non-hydrogen) atoms. The quantitative estimate of drug-likeness (QED) is 0.379. The standard InChI is InChI=1S/C16H28O7/c1-9(2)5-4-6-10(3)11(7-17)22-16-15(21)14(20)13(19)12(8-18)23-16/h5,11-21H,3-4,6-8H2,1-2H3. The number of aliphatic hydroxyl groups excluding tert-OH is 5. The molecular weight excluding hydrogens is 304 g/mol. The van der Waals surface area contributed by atoms with Crippen LogP contribution in [0.2, 0.25) is 0 Å². The smallest absolute Gasteiger partial charge is 0.187 e. The van der Waals surface area contributed by atoms with Crippen LogP contribution in [-0.2, 0) is 9.47 Å². The first-order valence-electron chi connectivity index (χ1n) is 7.69. The van der Waals surface area contributed by atoms with Crippen LogP contribution in [0, 0.1) is 0 Å². The first-order chi connectivity index (χ1) is 10.8. The molecule has 1 heterocycles. The summed E-state index contributed by atoms with van der Waals surface area (Å²) in [5.41, 5.74) is 1.80. The zero-order valence-corrected chi connectivity index (χ0v) is 13.6. The third-order valence-electron chi connectivity index (χ3n) is 3.79. The van der Waals surface area contributed by atoms with Crippen LogP contribution in [0.25, 0.3) is 0 Å². The van der Waals surface area contributed by atoms with Crippen LogP contribution < -0.4 is 0 Å². The van der Waals surface area contributed by atoms with Gasteiger partial charge in [0.15, 0.2) is 6.29 Å². The van der Waals surface area contributed by atoms with Gasteiger partial charge < -0.3 is 35.0 Å². The molecule has 0 amide bonds. The maximum Gasteiger partial charge on any atom is 0.187 e. The zero-order chi connectivity index (χ0) is 17.6. The Morgan fingerprint density at radius 1 is 1.17 bits per heavy atom. The predicted octanol–water partition coefficient (Wildman–Crippen LogP) is -0.534. The number of rotatable bonds is 8. The molecule has 134 valence electrons. The summed E-state index contributed by atoms with van der Waals surface area (Å²) in [6, 6.07) is 0. The fourth-order valence-corrected chi connectivity index (χ4v) is 2.32. The summed E-state index contributed by atoms with van der Waals surface area (Å²) in [4.78, 5) is 0. The molecule has 1 saturated heterocycles. The zero-order valence-electron chi connectivity index (χ0n) is 13.6. The van der Waals surface area contributed by atoms with E-state index in [0.717, 1.165) is 6.42 Å². The molecular formula is C16H28O7. The third-order valence-corrected chi connectivity index (χ3v) is 3.79. The Balaban J connectivity index is 2.66. The van der Waals surface area contributed by atoms with E-state index < -0.39 is 43.4 Å². The molecule has 1 aliphatic rings. The predicted molar refractivity (Wildman–Crippen MR) is 83.5 cm³/mol. The summed E-state index contributed by atoms with van der Waals surface area (Å²) < 4.78 is 10.8. The molecule has 0 aromatic heterocycles. The molecule has 0 aromatic rings. The van der Waals surface area contributed by atoms with Crippen molar-refractivity contribution in [2.45, 2.75) is 63.5 Å². The normalized spacial score (nSPS) is 32.4. The van der Waals surface area contributed by atoms with Crippen molar-refractivity contribution in [3.05, 3.63) is 23.8 Å². The monoisotopic (exact) mass is 332 g/mol. The van der Waals surface area contributed by atoms with Crippen LogP contribution in [0.1, 0.15) is 26.7 Å². The van der Waals surface area contributed by atoms with E-state index in [1.54, 1.807) is 0 Å². The number of ether oxygens (including phenoxy) is 2. The van der Waals surface area contributed by atoms with E-state index in [0.29, 0.717) is 12.0 Å². The van der Waals surface area contributed by atoms with Crippen molar-refractivity contribution in [1.29, 1.82) is 0 Å². The SMILES string of the molecule is C=C(CCC=C(C)C)C(CO)OC1OC(CO)C(O)C(O)C1O. The Kier molecular flexibility index (Phi) is 8.35. The summed E-state index contributed by atoms with van der Waals surface area (Å²) in [6.07, 6.45) is -4.17. The topological polar surface area (TPSA) is 120 Å². The van der Waals surface area contributed by atoms with E-state index in [-0.39, 0.29) is 6.61 Å². The fourth-order valence-electron chi connectivity index (χ4n) is 2.32. The minimum atomic E-state index is -1.51. The van der Waals surface area contributed by atoms with E-state index in [4.69, 9.17) is 14.6 Å². The lowest BCUT2D eigenvalue weighted by molar-refractivity contribution is -0.310. The summed E-state index contributed by atoms with van der Waals surface area (Å²) in [5.74, 6) is 0. The maximum absolute atomic E-state index is 9.93. The lowest BCUT2D eigenvalue weighted by Crippen LogP contribution is -2.59. The van der Waals surface area contributed by atoms with Gasteiger partial charge in [0.05, 0.1) is 13.2 Å². The summed E-state index contributed by atoms with van der Waals surface area (Å²) >= 11 is 0. The molecule has 6 unspecified atom stereocenters. The maximum atomic E-state index is 9.93. The van der Waals surface area contributed by atoms with Crippen molar-refractivity contribution in [3.63, 3.8) is 0 Å². The molecule has 7 nitrogen and oxygen atoms in total. The number of hydrogen-bond donors (Lipinski definition) is 5. The van der Waals surface area contributed by atoms with Crippen LogP contribution in [0.15, 0.2) is 23.8 Å². The Hall–Kier alpha value is -0.800. The van der Waals surface area contributed by atoms with Gasteiger partial charge in [0.1, 0.15) is 30.5 Å². The molecule has 0 saturated carbocycles. The molecule has 0 radical (unpaired) electrons. The number of hydrogen-bond acceptors (Lipinski definition) is 7. The van der Waals surface area contributed by atoms with Crippen LogP contribution in [0.5, 0.6) is 0 Å². The van der Waals surface area contributed by atoms with Gasteiger partial charge in [-0.1, -0.05) is 18.2 Å². The molecule has 0 spiro atoms. The number of allylic oxidation sites excluding steroid dienone is 2. The van der Waals surface area contributed by atoms with Crippen molar-refractivity contribution in [3.8, 4) is 0 Å². The van der Waals surface area contributed by atoms with Gasteiger partial charge in [-0.25, -0.2) is 0 Å². The van der Waals surface area contributed by atoms with Gasteiger partial charge in [-0.15, -0.1) is 0 Å². The molecule has 0 aromatic carbocycles. The van der Waals surface area contributed by atoms with Crippen LogP contribution >= 0.6 is 0 Å². The van der Waals surface area contributed by atoms with Gasteiger partial charge in [0.25, 0.3) is 0 Å². The minimum Gasteiger partial charge on any atom is -0.394 e. The van der Waals surface area contributed by atoms with Gasteiger partial charge >= 0.3 is 0 Å². The Labute approximate surface area is 136 Å². The van der Waals surface area contributed by atoms with Crippen LogP contribution in [0.3, 0.4) is 0 Å². The largest absolute Gasteiger partial charge is 0.394 e. The van der Waals surface area contributed by atoms with E-state index >= 15 is 0 Å². The second kappa shape index (κ2) is 9.48. The first kappa shape index (κ1) is 20.2. The summed E-state index contributed by atoms with van der Waals surface area (Å²) in [6.45, 7) is 6.95. The second-order valence-electron chi connectivity index (χ2n) is 5.98. The highest BCUT2D eigenvalue weighted by atomic mass is 16.7. The highest BCUT2D eigenvalue weighted by molar-refractivity contribution is 5.06. The lowest BCUT2D eigenvalue weighted by atomic mass is 9.99. The third kappa shape index (κ3) is 5.65. The van der Waals surface area contributed by atoms with Crippen molar-refractivity contribution in [2.75, 3.05) is 13.2 Å². The second-order valence-corrected chi connectivity index (χ2v) is 5.98. The molecule has 1 rings (SSSR count). The Morgan fingerprint density at radius 2 is 1.83 bits per heavy atom. The number of aliphatic hydroxyl groups is 5. The van der Waals surface area contributed by atoms with Gasteiger partial charge in [-0.2, -0.15) is 0 Å². The van der Waals surface area contributed by atoms with Gasteiger partial charge in [0.2, 0.25) is 0 Å². The van der Waals surface area contributed by atoms with Crippen molar-refractivity contribution < 1.29 is 35.0 Å². The van der Waals surface area contributed by atoms with E-state index in [1.165, 1.54) is 5.57 Å². The summed E-state index contributed by atoms with van der Waals surface area (Å²) in [7, 11) is 0. The Bertz CT molecular complexity index is 403. The molecule has 5 N–H and O–H groups in total. The van der Waals surface area contributed by atoms with Crippen LogP contribution in [0.4, 0.5) is 0 Å². The molecule has 1 fully saturated rings. The average Bonchev–Trinajstić information content (AvgIpc) is 2.51. The van der Waals surface area contributed by atoms with Crippen LogP contribution in [-0.4, -0.2) is 75.6 Å². The highest BCUT2D eigenvalue weighted by Crippen LogP contribution is 2.25. The lowest BCUT2D eigenvalue weighted by Gasteiger charge is -2.40. The van der Waals surface area contributed by atoms with Crippen molar-refractivity contribution in [1.82, 2.24) is 0 Å². The minimum absolute atomic E-state index is 0.358. The average molecular weight is 332 g/mol. The highest BCUT2D eigenvalue weighted by Gasteiger charge is 2.44. The fraction of sp³-hybridized carbons (Fsp3) is 0.750. The first-order valence-corrected chi connectivity index (χ1v) is 7.69. The van der Waals surface area contributed by atoms with Gasteiger partial charge in [0, 0.05) is 0 Å². The Morgan fingerprint density at radius 3 is 2.35 bits per heavy atom. The van der Waals surface area contributed by atoms with Crippen molar-refractivity contribution >= 4 is 0 Å². The summed E-state index contributed by atoms with van der Waals surface area (Å²) in [5, 5.41) is 48.0. The van der Waals surface area contributed by atoms with Gasteiger partial charge in [-0.05, 0) is 32.3 Å².